The summed E-state index contributed by atoms with van der Waals surface area (Å²) in [7, 11) is -1.36. The molecule has 1 N–H and O–H groups in total. The van der Waals surface area contributed by atoms with E-state index in [4.69, 9.17) is 0 Å². The van der Waals surface area contributed by atoms with Gasteiger partial charge in [0.05, 0.1) is 14.1 Å². The van der Waals surface area contributed by atoms with Crippen molar-refractivity contribution in [2.24, 2.45) is 0 Å². The minimum Gasteiger partial charge on any atom is -0.349 e. The highest BCUT2D eigenvalue weighted by atomic mass is 28.3. The SMILES string of the molecule is CCCCCCCCCC[Si](CC)(CC)CCC(=O)NC(Cc1ccc(C)cc1)c1ccccc1. The average Bonchev–Trinajstić information content (AvgIpc) is 2.89. The molecule has 1 atom stereocenters. The molecule has 35 heavy (non-hydrogen) atoms. The summed E-state index contributed by atoms with van der Waals surface area (Å²) < 4.78 is 0. The minimum absolute atomic E-state index is 0.0263. The lowest BCUT2D eigenvalue weighted by Crippen LogP contribution is -2.36. The van der Waals surface area contributed by atoms with Crippen molar-refractivity contribution in [3.63, 3.8) is 0 Å². The highest BCUT2D eigenvalue weighted by Gasteiger charge is 2.29. The Morgan fingerprint density at radius 3 is 1.97 bits per heavy atom. The van der Waals surface area contributed by atoms with Crippen molar-refractivity contribution < 1.29 is 4.79 Å². The molecule has 0 radical (unpaired) electrons. The van der Waals surface area contributed by atoms with Crippen molar-refractivity contribution in [2.75, 3.05) is 0 Å². The zero-order valence-electron chi connectivity index (χ0n) is 23.1. The second-order valence-electron chi connectivity index (χ2n) is 10.7. The molecule has 0 heterocycles. The number of rotatable bonds is 18. The molecule has 194 valence electrons. The van der Waals surface area contributed by atoms with Gasteiger partial charge in [-0.15, -0.1) is 0 Å². The third-order valence-electron chi connectivity index (χ3n) is 8.04. The lowest BCUT2D eigenvalue weighted by atomic mass is 9.98. The Hall–Kier alpha value is -1.87. The van der Waals surface area contributed by atoms with Gasteiger partial charge in [-0.25, -0.2) is 0 Å². The van der Waals surface area contributed by atoms with Crippen molar-refractivity contribution in [2.45, 2.75) is 122 Å². The summed E-state index contributed by atoms with van der Waals surface area (Å²) in [5.41, 5.74) is 3.73. The third-order valence-corrected chi connectivity index (χ3v) is 13.8. The van der Waals surface area contributed by atoms with Gasteiger partial charge in [-0.1, -0.05) is 150 Å². The normalized spacial score (nSPS) is 12.5. The standard InChI is InChI=1S/C32H51NOSi/c1-5-8-9-10-11-12-13-17-25-35(6-2,7-3)26-24-32(34)33-31(30-18-15-14-16-19-30)27-29-22-20-28(4)21-23-29/h14-16,18-23,31H,5-13,17,24-27H2,1-4H3,(H,33,34). The van der Waals surface area contributed by atoms with Crippen LogP contribution in [0.4, 0.5) is 0 Å². The molecule has 2 rings (SSSR count). The number of hydrogen-bond donors (Lipinski definition) is 1. The molecule has 1 unspecified atom stereocenters. The molecular weight excluding hydrogens is 442 g/mol. The number of amides is 1. The zero-order chi connectivity index (χ0) is 25.4. The van der Waals surface area contributed by atoms with Crippen molar-refractivity contribution in [3.8, 4) is 0 Å². The Kier molecular flexibility index (Phi) is 14.0. The first kappa shape index (κ1) is 29.4. The number of carbonyl (C=O) groups is 1. The summed E-state index contributed by atoms with van der Waals surface area (Å²) in [4.78, 5) is 13.2. The lowest BCUT2D eigenvalue weighted by molar-refractivity contribution is -0.121. The second kappa shape index (κ2) is 16.7. The molecule has 1 amide bonds. The maximum Gasteiger partial charge on any atom is 0.220 e. The highest BCUT2D eigenvalue weighted by Crippen LogP contribution is 2.30. The first-order valence-corrected chi connectivity index (χ1v) is 17.2. The number of carbonyl (C=O) groups excluding carboxylic acids is 1. The van der Waals surface area contributed by atoms with Gasteiger partial charge in [0.1, 0.15) is 0 Å². The molecule has 0 aliphatic heterocycles. The molecule has 0 bridgehead atoms. The zero-order valence-corrected chi connectivity index (χ0v) is 24.1. The van der Waals surface area contributed by atoms with Gasteiger partial charge in [0, 0.05) is 6.42 Å². The van der Waals surface area contributed by atoms with Crippen LogP contribution < -0.4 is 5.32 Å². The fraction of sp³-hybridized carbons (Fsp3) is 0.594. The molecule has 2 aromatic carbocycles. The van der Waals surface area contributed by atoms with Gasteiger partial charge in [0.25, 0.3) is 0 Å². The van der Waals surface area contributed by atoms with E-state index in [-0.39, 0.29) is 11.9 Å². The van der Waals surface area contributed by atoms with Crippen LogP contribution in [0.15, 0.2) is 54.6 Å². The van der Waals surface area contributed by atoms with E-state index in [1.54, 1.807) is 0 Å². The molecule has 0 fully saturated rings. The van der Waals surface area contributed by atoms with Gasteiger partial charge >= 0.3 is 0 Å². The van der Waals surface area contributed by atoms with E-state index >= 15 is 0 Å². The van der Waals surface area contributed by atoms with Crippen LogP contribution in [0.1, 0.15) is 101 Å². The Morgan fingerprint density at radius 2 is 1.37 bits per heavy atom. The van der Waals surface area contributed by atoms with E-state index in [2.05, 4.69) is 81.5 Å². The van der Waals surface area contributed by atoms with Crippen LogP contribution in [0.5, 0.6) is 0 Å². The van der Waals surface area contributed by atoms with E-state index in [1.807, 2.05) is 6.07 Å². The minimum atomic E-state index is -1.36. The Morgan fingerprint density at radius 1 is 0.771 bits per heavy atom. The third kappa shape index (κ3) is 11.2. The number of nitrogens with one attached hydrogen (secondary N) is 1. The summed E-state index contributed by atoms with van der Waals surface area (Å²) in [6.07, 6.45) is 12.6. The molecule has 0 saturated heterocycles. The highest BCUT2D eigenvalue weighted by molar-refractivity contribution is 6.79. The predicted molar refractivity (Wildman–Crippen MR) is 156 cm³/mol. The monoisotopic (exact) mass is 493 g/mol. The molecule has 0 spiro atoms. The van der Waals surface area contributed by atoms with Gasteiger partial charge in [-0.2, -0.15) is 0 Å². The van der Waals surface area contributed by atoms with E-state index in [9.17, 15) is 4.79 Å². The summed E-state index contributed by atoms with van der Waals surface area (Å²) >= 11 is 0. The molecule has 0 aromatic heterocycles. The van der Waals surface area contributed by atoms with Gasteiger partial charge in [-0.05, 0) is 30.5 Å². The summed E-state index contributed by atoms with van der Waals surface area (Å²) in [6.45, 7) is 9.16. The fourth-order valence-electron chi connectivity index (χ4n) is 5.26. The molecule has 0 aliphatic rings. The van der Waals surface area contributed by atoms with Crippen LogP contribution in [-0.4, -0.2) is 14.0 Å². The summed E-state index contributed by atoms with van der Waals surface area (Å²) in [5.74, 6) is 0.223. The summed E-state index contributed by atoms with van der Waals surface area (Å²) in [5, 5.41) is 3.40. The number of aryl methyl sites for hydroxylation is 1. The second-order valence-corrected chi connectivity index (χ2v) is 16.1. The van der Waals surface area contributed by atoms with E-state index in [0.717, 1.165) is 12.5 Å². The Labute approximate surface area is 217 Å². The van der Waals surface area contributed by atoms with Gasteiger partial charge in [0.2, 0.25) is 5.91 Å². The van der Waals surface area contributed by atoms with Crippen LogP contribution in [-0.2, 0) is 11.2 Å². The molecule has 0 aliphatic carbocycles. The van der Waals surface area contributed by atoms with Crippen LogP contribution >= 0.6 is 0 Å². The maximum absolute atomic E-state index is 13.2. The van der Waals surface area contributed by atoms with E-state index in [1.165, 1.54) is 86.2 Å². The molecule has 3 heteroatoms. The van der Waals surface area contributed by atoms with E-state index in [0.29, 0.717) is 6.42 Å². The number of unbranched alkanes of at least 4 members (excludes halogenated alkanes) is 7. The number of hydrogen-bond acceptors (Lipinski definition) is 1. The lowest BCUT2D eigenvalue weighted by Gasteiger charge is -2.30. The first-order chi connectivity index (χ1) is 17.0. The van der Waals surface area contributed by atoms with Crippen LogP contribution in [0.2, 0.25) is 24.2 Å². The van der Waals surface area contributed by atoms with Crippen molar-refractivity contribution in [1.82, 2.24) is 5.32 Å². The van der Waals surface area contributed by atoms with Gasteiger partial charge in [-0.3, -0.25) is 4.79 Å². The van der Waals surface area contributed by atoms with Crippen molar-refractivity contribution >= 4 is 14.0 Å². The smallest absolute Gasteiger partial charge is 0.220 e. The summed E-state index contributed by atoms with van der Waals surface area (Å²) in [6, 6.07) is 24.3. The van der Waals surface area contributed by atoms with Gasteiger partial charge in [0.15, 0.2) is 0 Å². The van der Waals surface area contributed by atoms with Crippen LogP contribution in [0.3, 0.4) is 0 Å². The average molecular weight is 494 g/mol. The topological polar surface area (TPSA) is 29.1 Å². The van der Waals surface area contributed by atoms with Crippen molar-refractivity contribution in [3.05, 3.63) is 71.3 Å². The molecule has 2 aromatic rings. The molecular formula is C32H51NOSi. The van der Waals surface area contributed by atoms with Gasteiger partial charge < -0.3 is 5.32 Å². The molecule has 0 saturated carbocycles. The number of benzene rings is 2. The largest absolute Gasteiger partial charge is 0.349 e. The van der Waals surface area contributed by atoms with Crippen LogP contribution in [0.25, 0.3) is 0 Å². The first-order valence-electron chi connectivity index (χ1n) is 14.4. The predicted octanol–water partition coefficient (Wildman–Crippen LogP) is 9.41. The Bertz CT molecular complexity index is 813. The quantitative estimate of drug-likeness (QED) is 0.163. The van der Waals surface area contributed by atoms with E-state index < -0.39 is 8.07 Å². The molecule has 2 nitrogen and oxygen atoms in total. The maximum atomic E-state index is 13.2. The fourth-order valence-corrected chi connectivity index (χ4v) is 9.18. The van der Waals surface area contributed by atoms with Crippen LogP contribution in [0, 0.1) is 6.92 Å². The Balaban J connectivity index is 1.88. The van der Waals surface area contributed by atoms with Crippen molar-refractivity contribution in [1.29, 1.82) is 0 Å².